The Labute approximate surface area is 159 Å². The van der Waals surface area contributed by atoms with Gasteiger partial charge in [0, 0.05) is 18.5 Å². The second kappa shape index (κ2) is 8.85. The summed E-state index contributed by atoms with van der Waals surface area (Å²) in [6.45, 7) is 5.60. The van der Waals surface area contributed by atoms with Gasteiger partial charge in [-0.2, -0.15) is 0 Å². The van der Waals surface area contributed by atoms with E-state index in [1.807, 2.05) is 6.92 Å². The van der Waals surface area contributed by atoms with E-state index >= 15 is 0 Å². The average molecular weight is 392 g/mol. The molecule has 1 aliphatic rings. The molecule has 0 heterocycles. The summed E-state index contributed by atoms with van der Waals surface area (Å²) in [5.41, 5.74) is 1.95. The molecule has 0 amide bonds. The van der Waals surface area contributed by atoms with Crippen LogP contribution >= 0.6 is 0 Å². The van der Waals surface area contributed by atoms with Gasteiger partial charge in [-0.25, -0.2) is 8.42 Å². The molecule has 0 radical (unpaired) electrons. The zero-order valence-corrected chi connectivity index (χ0v) is 16.3. The van der Waals surface area contributed by atoms with Gasteiger partial charge in [0.05, 0.1) is 17.5 Å². The fourth-order valence-corrected chi connectivity index (χ4v) is 3.51. The molecule has 1 unspecified atom stereocenters. The Bertz CT molecular complexity index is 870. The molecule has 0 fully saturated rings. The van der Waals surface area contributed by atoms with Crippen molar-refractivity contribution >= 4 is 27.2 Å². The van der Waals surface area contributed by atoms with E-state index in [-0.39, 0.29) is 36.1 Å². The van der Waals surface area contributed by atoms with Crippen LogP contribution in [0.2, 0.25) is 0 Å². The van der Waals surface area contributed by atoms with Crippen molar-refractivity contribution in [2.45, 2.75) is 32.1 Å². The van der Waals surface area contributed by atoms with Crippen molar-refractivity contribution in [1.29, 1.82) is 0 Å². The molecule has 0 aliphatic heterocycles. The van der Waals surface area contributed by atoms with Gasteiger partial charge in [0.15, 0.2) is 5.78 Å². The number of anilines is 1. The summed E-state index contributed by atoms with van der Waals surface area (Å²) >= 11 is 0. The lowest BCUT2D eigenvalue weighted by molar-refractivity contribution is -0.116. The Hall–Kier alpha value is -2.61. The SMILES string of the molecule is C=CCO/N=C(/CC)C1=C(O)CC(c2ccc(NS(C)(=O)=O)cc2)CC1=O. The number of aliphatic hydroxyl groups excluding tert-OH is 1. The van der Waals surface area contributed by atoms with Gasteiger partial charge in [-0.3, -0.25) is 9.52 Å². The molecule has 0 bridgehead atoms. The van der Waals surface area contributed by atoms with E-state index in [0.717, 1.165) is 11.8 Å². The van der Waals surface area contributed by atoms with E-state index in [1.165, 1.54) is 0 Å². The first-order valence-corrected chi connectivity index (χ1v) is 10.5. The van der Waals surface area contributed by atoms with Crippen LogP contribution in [-0.2, 0) is 19.7 Å². The lowest BCUT2D eigenvalue weighted by Gasteiger charge is -2.24. The van der Waals surface area contributed by atoms with Crippen molar-refractivity contribution in [3.05, 3.63) is 53.8 Å². The molecule has 2 rings (SSSR count). The van der Waals surface area contributed by atoms with Crippen LogP contribution in [0.4, 0.5) is 5.69 Å². The zero-order valence-electron chi connectivity index (χ0n) is 15.4. The molecule has 0 saturated carbocycles. The van der Waals surface area contributed by atoms with Crippen molar-refractivity contribution in [1.82, 2.24) is 0 Å². The summed E-state index contributed by atoms with van der Waals surface area (Å²) < 4.78 is 24.9. The first kappa shape index (κ1) is 20.7. The van der Waals surface area contributed by atoms with Crippen LogP contribution in [0.1, 0.15) is 37.7 Å². The second-order valence-electron chi connectivity index (χ2n) is 6.32. The van der Waals surface area contributed by atoms with Gasteiger partial charge in [0.2, 0.25) is 10.0 Å². The number of ketones is 1. The number of oxime groups is 1. The van der Waals surface area contributed by atoms with Gasteiger partial charge >= 0.3 is 0 Å². The molecule has 1 aromatic rings. The largest absolute Gasteiger partial charge is 0.511 e. The van der Waals surface area contributed by atoms with Gasteiger partial charge in [-0.1, -0.05) is 36.9 Å². The van der Waals surface area contributed by atoms with Crippen molar-refractivity contribution in [2.24, 2.45) is 5.16 Å². The number of hydrogen-bond acceptors (Lipinski definition) is 6. The molecule has 146 valence electrons. The minimum Gasteiger partial charge on any atom is -0.511 e. The molecule has 27 heavy (non-hydrogen) atoms. The van der Waals surface area contributed by atoms with Gasteiger partial charge in [0.1, 0.15) is 12.4 Å². The Balaban J connectivity index is 2.20. The number of benzene rings is 1. The monoisotopic (exact) mass is 392 g/mol. The van der Waals surface area contributed by atoms with Gasteiger partial charge in [-0.15, -0.1) is 0 Å². The number of nitrogens with zero attached hydrogens (tertiary/aromatic N) is 1. The second-order valence-corrected chi connectivity index (χ2v) is 8.07. The fourth-order valence-electron chi connectivity index (χ4n) is 2.95. The fraction of sp³-hybridized carbons (Fsp3) is 0.368. The van der Waals surface area contributed by atoms with Crippen LogP contribution < -0.4 is 4.72 Å². The molecule has 1 aliphatic carbocycles. The van der Waals surface area contributed by atoms with Crippen LogP contribution in [0, 0.1) is 0 Å². The number of hydrogen-bond donors (Lipinski definition) is 2. The number of carbonyl (C=O) groups is 1. The lowest BCUT2D eigenvalue weighted by Crippen LogP contribution is -2.23. The quantitative estimate of drug-likeness (QED) is 0.306. The summed E-state index contributed by atoms with van der Waals surface area (Å²) in [5.74, 6) is -0.372. The number of Topliss-reactive ketones (excluding diaryl/α,β-unsaturated/α-hetero) is 1. The van der Waals surface area contributed by atoms with E-state index in [2.05, 4.69) is 16.5 Å². The molecule has 7 nitrogen and oxygen atoms in total. The maximum atomic E-state index is 12.6. The predicted molar refractivity (Wildman–Crippen MR) is 105 cm³/mol. The number of rotatable bonds is 8. The zero-order chi connectivity index (χ0) is 20.0. The highest BCUT2D eigenvalue weighted by Gasteiger charge is 2.31. The van der Waals surface area contributed by atoms with E-state index in [1.54, 1.807) is 30.3 Å². The third kappa shape index (κ3) is 5.68. The van der Waals surface area contributed by atoms with E-state index in [0.29, 0.717) is 24.2 Å². The van der Waals surface area contributed by atoms with Crippen LogP contribution in [-0.4, -0.2) is 37.9 Å². The van der Waals surface area contributed by atoms with Crippen molar-refractivity contribution < 1.29 is 23.2 Å². The first-order valence-electron chi connectivity index (χ1n) is 8.58. The molecule has 1 aromatic carbocycles. The van der Waals surface area contributed by atoms with E-state index < -0.39 is 10.0 Å². The molecule has 1 atom stereocenters. The molecular formula is C19H24N2O5S. The maximum Gasteiger partial charge on any atom is 0.229 e. The normalized spacial score (nSPS) is 18.4. The van der Waals surface area contributed by atoms with Crippen molar-refractivity contribution in [2.75, 3.05) is 17.6 Å². The smallest absolute Gasteiger partial charge is 0.229 e. The highest BCUT2D eigenvalue weighted by atomic mass is 32.2. The minimum atomic E-state index is -3.34. The van der Waals surface area contributed by atoms with Gasteiger partial charge in [0.25, 0.3) is 0 Å². The van der Waals surface area contributed by atoms with E-state index in [4.69, 9.17) is 4.84 Å². The number of aliphatic hydroxyl groups is 1. The first-order chi connectivity index (χ1) is 12.7. The highest BCUT2D eigenvalue weighted by molar-refractivity contribution is 7.92. The number of carbonyl (C=O) groups excluding carboxylic acids is 1. The van der Waals surface area contributed by atoms with Crippen LogP contribution in [0.15, 0.2) is 53.4 Å². The highest BCUT2D eigenvalue weighted by Crippen LogP contribution is 2.35. The van der Waals surface area contributed by atoms with Crippen LogP contribution in [0.3, 0.4) is 0 Å². The van der Waals surface area contributed by atoms with E-state index in [9.17, 15) is 18.3 Å². The molecule has 8 heteroatoms. The van der Waals surface area contributed by atoms with Gasteiger partial charge < -0.3 is 9.94 Å². The van der Waals surface area contributed by atoms with Crippen LogP contribution in [0.5, 0.6) is 0 Å². The summed E-state index contributed by atoms with van der Waals surface area (Å²) in [4.78, 5) is 17.7. The summed E-state index contributed by atoms with van der Waals surface area (Å²) in [6.07, 6.45) is 3.63. The number of allylic oxidation sites excluding steroid dienone is 2. The molecule has 0 saturated heterocycles. The Morgan fingerprint density at radius 2 is 2.04 bits per heavy atom. The lowest BCUT2D eigenvalue weighted by atomic mass is 9.81. The third-order valence-electron chi connectivity index (χ3n) is 4.11. The summed E-state index contributed by atoms with van der Waals surface area (Å²) in [6, 6.07) is 6.79. The topological polar surface area (TPSA) is 105 Å². The summed E-state index contributed by atoms with van der Waals surface area (Å²) in [7, 11) is -3.34. The Kier molecular flexibility index (Phi) is 6.79. The van der Waals surface area contributed by atoms with Crippen LogP contribution in [0.25, 0.3) is 0 Å². The summed E-state index contributed by atoms with van der Waals surface area (Å²) in [5, 5.41) is 14.4. The number of sulfonamides is 1. The predicted octanol–water partition coefficient (Wildman–Crippen LogP) is 3.29. The molecule has 2 N–H and O–H groups in total. The van der Waals surface area contributed by atoms with Gasteiger partial charge in [-0.05, 0) is 30.0 Å². The molecule has 0 aromatic heterocycles. The Morgan fingerprint density at radius 1 is 1.37 bits per heavy atom. The Morgan fingerprint density at radius 3 is 2.56 bits per heavy atom. The third-order valence-corrected chi connectivity index (χ3v) is 4.72. The van der Waals surface area contributed by atoms with Crippen molar-refractivity contribution in [3.63, 3.8) is 0 Å². The minimum absolute atomic E-state index is 0.00242. The molecule has 0 spiro atoms. The maximum absolute atomic E-state index is 12.6. The standard InChI is InChI=1S/C19H24N2O5S/c1-4-10-26-20-16(5-2)19-17(22)11-14(12-18(19)23)13-6-8-15(9-7-13)21-27(3,24)25/h4,6-9,14,21-22H,1,5,10-12H2,2-3H3/b20-16-. The van der Waals surface area contributed by atoms with Crippen molar-refractivity contribution in [3.8, 4) is 0 Å². The number of nitrogens with one attached hydrogen (secondary N) is 1. The molecular weight excluding hydrogens is 368 g/mol. The average Bonchev–Trinajstić information content (AvgIpc) is 2.59.